The van der Waals surface area contributed by atoms with Crippen molar-refractivity contribution in [1.82, 2.24) is 0 Å². The summed E-state index contributed by atoms with van der Waals surface area (Å²) in [6.07, 6.45) is 9.71. The van der Waals surface area contributed by atoms with E-state index in [4.69, 9.17) is 9.47 Å². The SMILES string of the molecule is COc1ccc(F)c(-c2ccc(COc3ccc4c(c3)[C@]3(CC4)CC[C@@H]3C=O)cc2C2=CCCC2(C)C)c1. The van der Waals surface area contributed by atoms with Crippen LogP contribution in [0.15, 0.2) is 60.7 Å². The van der Waals surface area contributed by atoms with Crippen molar-refractivity contribution in [3.8, 4) is 22.6 Å². The lowest BCUT2D eigenvalue weighted by Gasteiger charge is -2.45. The van der Waals surface area contributed by atoms with Crippen molar-refractivity contribution in [1.29, 1.82) is 0 Å². The quantitative estimate of drug-likeness (QED) is 0.302. The van der Waals surface area contributed by atoms with Crippen molar-refractivity contribution in [3.63, 3.8) is 0 Å². The highest BCUT2D eigenvalue weighted by atomic mass is 19.1. The molecule has 0 N–H and O–H groups in total. The molecule has 3 aromatic carbocycles. The van der Waals surface area contributed by atoms with Crippen molar-refractivity contribution in [2.75, 3.05) is 7.11 Å². The number of carbonyl (C=O) groups is 1. The highest BCUT2D eigenvalue weighted by molar-refractivity contribution is 5.85. The van der Waals surface area contributed by atoms with Gasteiger partial charge in [-0.05, 0) is 114 Å². The first kappa shape index (κ1) is 24.9. The van der Waals surface area contributed by atoms with E-state index >= 15 is 4.39 Å². The lowest BCUT2D eigenvalue weighted by atomic mass is 9.58. The lowest BCUT2D eigenvalue weighted by molar-refractivity contribution is -0.116. The monoisotopic (exact) mass is 510 g/mol. The molecule has 3 nitrogen and oxygen atoms in total. The molecule has 1 fully saturated rings. The summed E-state index contributed by atoms with van der Waals surface area (Å²) in [5.74, 6) is 1.35. The van der Waals surface area contributed by atoms with E-state index in [2.05, 4.69) is 44.2 Å². The molecule has 4 heteroatoms. The zero-order chi connectivity index (χ0) is 26.5. The van der Waals surface area contributed by atoms with E-state index in [0.29, 0.717) is 17.9 Å². The van der Waals surface area contributed by atoms with E-state index in [0.717, 1.165) is 67.3 Å². The second kappa shape index (κ2) is 9.41. The summed E-state index contributed by atoms with van der Waals surface area (Å²) < 4.78 is 26.8. The maximum Gasteiger partial charge on any atom is 0.131 e. The molecule has 0 amide bonds. The summed E-state index contributed by atoms with van der Waals surface area (Å²) in [6, 6.07) is 17.5. The minimum atomic E-state index is -0.260. The molecule has 3 aliphatic rings. The van der Waals surface area contributed by atoms with Crippen molar-refractivity contribution >= 4 is 11.9 Å². The minimum Gasteiger partial charge on any atom is -0.497 e. The Kier molecular flexibility index (Phi) is 6.17. The number of benzene rings is 3. The summed E-state index contributed by atoms with van der Waals surface area (Å²) in [6.45, 7) is 4.94. The number of halogens is 1. The van der Waals surface area contributed by atoms with Crippen molar-refractivity contribution in [3.05, 3.63) is 88.7 Å². The minimum absolute atomic E-state index is 0.00969. The van der Waals surface area contributed by atoms with E-state index in [1.807, 2.05) is 12.1 Å². The van der Waals surface area contributed by atoms with E-state index in [-0.39, 0.29) is 22.6 Å². The zero-order valence-electron chi connectivity index (χ0n) is 22.5. The number of allylic oxidation sites excluding steroid dienone is 2. The van der Waals surface area contributed by atoms with E-state index in [9.17, 15) is 4.79 Å². The number of hydrogen-bond acceptors (Lipinski definition) is 3. The summed E-state index contributed by atoms with van der Waals surface area (Å²) in [5.41, 5.74) is 7.45. The normalized spacial score (nSPS) is 23.1. The average molecular weight is 511 g/mol. The fraction of sp³-hybridized carbons (Fsp3) is 0.382. The molecule has 3 aliphatic carbocycles. The number of methoxy groups -OCH3 is 1. The van der Waals surface area contributed by atoms with Crippen LogP contribution in [0.4, 0.5) is 4.39 Å². The average Bonchev–Trinajstić information content (AvgIpc) is 3.48. The smallest absolute Gasteiger partial charge is 0.131 e. The second-order valence-electron chi connectivity index (χ2n) is 11.8. The van der Waals surface area contributed by atoms with Crippen LogP contribution in [0.2, 0.25) is 0 Å². The molecule has 0 saturated heterocycles. The Morgan fingerprint density at radius 2 is 1.79 bits per heavy atom. The van der Waals surface area contributed by atoms with Crippen molar-refractivity contribution in [2.24, 2.45) is 11.3 Å². The zero-order valence-corrected chi connectivity index (χ0v) is 22.5. The Bertz CT molecular complexity index is 1440. The molecule has 0 heterocycles. The van der Waals surface area contributed by atoms with Crippen LogP contribution in [0, 0.1) is 17.2 Å². The van der Waals surface area contributed by atoms with Crippen LogP contribution in [-0.4, -0.2) is 13.4 Å². The van der Waals surface area contributed by atoms with Gasteiger partial charge in [-0.2, -0.15) is 0 Å². The standard InChI is InChI=1S/C34H35FO3/c1-33(2)14-4-5-30(33)28-17-22(6-10-27(28)29-18-25(37-3)9-11-32(29)35)21-38-26-8-7-23-12-15-34(31(23)19-26)16-13-24(34)20-36/h5-11,17-20,24H,4,12-16,21H2,1-3H3/t24-,34-/m1/s1. The fourth-order valence-corrected chi connectivity index (χ4v) is 6.93. The number of rotatable bonds is 7. The number of ether oxygens (including phenoxy) is 2. The van der Waals surface area contributed by atoms with E-state index in [1.165, 1.54) is 22.8 Å². The third-order valence-electron chi connectivity index (χ3n) is 9.32. The molecule has 0 radical (unpaired) electrons. The van der Waals surface area contributed by atoms with Gasteiger partial charge in [0, 0.05) is 16.9 Å². The van der Waals surface area contributed by atoms with Gasteiger partial charge < -0.3 is 14.3 Å². The van der Waals surface area contributed by atoms with Gasteiger partial charge in [0.05, 0.1) is 7.11 Å². The van der Waals surface area contributed by atoms with Gasteiger partial charge in [-0.1, -0.05) is 38.1 Å². The first-order valence-corrected chi connectivity index (χ1v) is 13.7. The molecule has 3 aromatic rings. The Morgan fingerprint density at radius 1 is 0.947 bits per heavy atom. The number of aldehydes is 1. The molecule has 0 aliphatic heterocycles. The van der Waals surface area contributed by atoms with Crippen LogP contribution >= 0.6 is 0 Å². The predicted molar refractivity (Wildman–Crippen MR) is 149 cm³/mol. The summed E-state index contributed by atoms with van der Waals surface area (Å²) in [7, 11) is 1.60. The van der Waals surface area contributed by atoms with Gasteiger partial charge >= 0.3 is 0 Å². The molecule has 0 bridgehead atoms. The Balaban J connectivity index is 1.32. The maximum absolute atomic E-state index is 15.1. The molecule has 0 aromatic heterocycles. The van der Waals surface area contributed by atoms with Crippen LogP contribution in [0.3, 0.4) is 0 Å². The van der Waals surface area contributed by atoms with Crippen LogP contribution in [0.1, 0.15) is 68.2 Å². The summed E-state index contributed by atoms with van der Waals surface area (Å²) >= 11 is 0. The van der Waals surface area contributed by atoms with Crippen LogP contribution in [0.5, 0.6) is 11.5 Å². The van der Waals surface area contributed by atoms with E-state index in [1.54, 1.807) is 19.2 Å². The van der Waals surface area contributed by atoms with Crippen LogP contribution in [-0.2, 0) is 23.2 Å². The lowest BCUT2D eigenvalue weighted by Crippen LogP contribution is -2.43. The Labute approximate surface area is 224 Å². The molecule has 1 spiro atoms. The molecule has 38 heavy (non-hydrogen) atoms. The van der Waals surface area contributed by atoms with Gasteiger partial charge in [0.2, 0.25) is 0 Å². The Morgan fingerprint density at radius 3 is 2.50 bits per heavy atom. The molecule has 6 rings (SSSR count). The number of hydrogen-bond donors (Lipinski definition) is 0. The molecular formula is C34H35FO3. The first-order chi connectivity index (χ1) is 18.3. The number of aryl methyl sites for hydroxylation is 1. The third kappa shape index (κ3) is 4.05. The molecule has 1 saturated carbocycles. The van der Waals surface area contributed by atoms with Gasteiger partial charge in [0.1, 0.15) is 30.2 Å². The predicted octanol–water partition coefficient (Wildman–Crippen LogP) is 8.08. The van der Waals surface area contributed by atoms with Gasteiger partial charge in [-0.25, -0.2) is 4.39 Å². The van der Waals surface area contributed by atoms with Gasteiger partial charge in [-0.3, -0.25) is 0 Å². The highest BCUT2D eigenvalue weighted by Crippen LogP contribution is 2.56. The molecular weight excluding hydrogens is 475 g/mol. The van der Waals surface area contributed by atoms with E-state index < -0.39 is 0 Å². The van der Waals surface area contributed by atoms with Crippen LogP contribution in [0.25, 0.3) is 16.7 Å². The second-order valence-corrected chi connectivity index (χ2v) is 11.8. The maximum atomic E-state index is 15.1. The van der Waals surface area contributed by atoms with Crippen molar-refractivity contribution in [2.45, 2.75) is 64.4 Å². The Hall–Kier alpha value is -3.40. The van der Waals surface area contributed by atoms with Crippen molar-refractivity contribution < 1.29 is 18.7 Å². The molecule has 196 valence electrons. The summed E-state index contributed by atoms with van der Waals surface area (Å²) in [5, 5.41) is 0. The van der Waals surface area contributed by atoms with Gasteiger partial charge in [0.15, 0.2) is 0 Å². The molecule has 0 unspecified atom stereocenters. The third-order valence-corrected chi connectivity index (χ3v) is 9.32. The first-order valence-electron chi connectivity index (χ1n) is 13.7. The summed E-state index contributed by atoms with van der Waals surface area (Å²) in [4.78, 5) is 11.7. The fourth-order valence-electron chi connectivity index (χ4n) is 6.93. The number of fused-ring (bicyclic) bond motifs is 2. The largest absolute Gasteiger partial charge is 0.497 e. The highest BCUT2D eigenvalue weighted by Gasteiger charge is 2.51. The topological polar surface area (TPSA) is 35.5 Å². The van der Waals surface area contributed by atoms with Gasteiger partial charge in [0.25, 0.3) is 0 Å². The van der Waals surface area contributed by atoms with Gasteiger partial charge in [-0.15, -0.1) is 0 Å². The van der Waals surface area contributed by atoms with Crippen LogP contribution < -0.4 is 9.47 Å². The number of carbonyl (C=O) groups excluding carboxylic acids is 1. The molecule has 2 atom stereocenters.